The van der Waals surface area contributed by atoms with Crippen LogP contribution in [-0.4, -0.2) is 202 Å². The van der Waals surface area contributed by atoms with Crippen LogP contribution in [0.1, 0.15) is 92.7 Å². The van der Waals surface area contributed by atoms with Gasteiger partial charge in [0.15, 0.2) is 9.84 Å². The lowest BCUT2D eigenvalue weighted by molar-refractivity contribution is -0.144. The molecule has 6 rings (SSSR count). The number of aliphatic hydroxyl groups excluding tert-OH is 3. The molecule has 1 saturated heterocycles. The molecule has 3 aliphatic rings. The second kappa shape index (κ2) is 29.8. The van der Waals surface area contributed by atoms with Gasteiger partial charge in [-0.25, -0.2) is 8.42 Å². The van der Waals surface area contributed by atoms with Crippen LogP contribution < -0.4 is 58.5 Å². The maximum absolute atomic E-state index is 15.1. The smallest absolute Gasteiger partial charge is 0.246 e. The number of sulfone groups is 1. The number of carbonyl (C=O) groups is 11. The number of fused-ring (bicyclic) bond motifs is 5. The maximum atomic E-state index is 15.1. The molecule has 16 N–H and O–H groups in total. The third kappa shape index (κ3) is 18.4. The number of rotatable bonds is 15. The van der Waals surface area contributed by atoms with Gasteiger partial charge in [0, 0.05) is 54.5 Å². The zero-order valence-corrected chi connectivity index (χ0v) is 51.9. The molecule has 2 bridgehead atoms. The minimum absolute atomic E-state index is 0.0454. The molecule has 0 radical (unpaired) electrons. The number of aromatic hydroxyl groups is 1. The van der Waals surface area contributed by atoms with Crippen LogP contribution in [0.2, 0.25) is 0 Å². The summed E-state index contributed by atoms with van der Waals surface area (Å²) in [6.45, 7) is 12.0. The fraction of sp³-hybridized carbons (Fsp3) is 0.569. The van der Waals surface area contributed by atoms with E-state index >= 15 is 13.2 Å². The SMILES string of the molecule is CC[C@H](C)[C@@H]1NC(=O)CNC(=O)[C@@H]2Cc3c([nH]c4cc(O)ccc34)S(=O)(=O)C[C@H](NC(=O)CNC1=O)C(=O)N[C@@H](CC(=O)NCc1ccc(NC(=O)[C@H](C)NC(=O)[C@@H](NC(C)(C)C)C(C)C)cc1)C(=O)N1C[C@H](O)C[C@H]1C(=O)N[C@@H]([C@@H](C)[C@@H](O)CO)C(=O)N2. The molecule has 0 saturated carbocycles. The molecule has 0 unspecified atom stereocenters. The number of phenols is 1. The molecule has 3 aliphatic heterocycles. The van der Waals surface area contributed by atoms with E-state index in [1.54, 1.807) is 26.0 Å². The third-order valence-corrected chi connectivity index (χ3v) is 17.4. The number of phenolic OH excluding ortho intramolecular Hbond substituents is 1. The highest BCUT2D eigenvalue weighted by Crippen LogP contribution is 2.31. The van der Waals surface area contributed by atoms with E-state index < -0.39 is 198 Å². The highest BCUT2D eigenvalue weighted by molar-refractivity contribution is 7.91. The van der Waals surface area contributed by atoms with E-state index in [4.69, 9.17) is 0 Å². The fourth-order valence-electron chi connectivity index (χ4n) is 10.4. The van der Waals surface area contributed by atoms with Crippen LogP contribution in [0.5, 0.6) is 5.75 Å². The summed E-state index contributed by atoms with van der Waals surface area (Å²) in [5.41, 5.74) is 0.103. The van der Waals surface area contributed by atoms with Gasteiger partial charge in [0.25, 0.3) is 0 Å². The maximum Gasteiger partial charge on any atom is 0.246 e. The number of hydrogen-bond acceptors (Lipinski definition) is 18. The molecule has 0 spiro atoms. The van der Waals surface area contributed by atoms with Gasteiger partial charge in [-0.05, 0) is 74.9 Å². The first-order chi connectivity index (χ1) is 41.7. The summed E-state index contributed by atoms with van der Waals surface area (Å²) in [4.78, 5) is 159. The lowest BCUT2D eigenvalue weighted by Crippen LogP contribution is -2.62. The van der Waals surface area contributed by atoms with Crippen LogP contribution in [0.4, 0.5) is 5.69 Å². The van der Waals surface area contributed by atoms with Crippen molar-refractivity contribution in [2.24, 2.45) is 17.8 Å². The average molecular weight is 1270 g/mol. The third-order valence-electron chi connectivity index (χ3n) is 15.7. The average Bonchev–Trinajstić information content (AvgIpc) is 1.95. The van der Waals surface area contributed by atoms with E-state index in [2.05, 4.69) is 63.5 Å². The first-order valence-electron chi connectivity index (χ1n) is 29.3. The van der Waals surface area contributed by atoms with E-state index in [9.17, 15) is 68.4 Å². The number of amides is 11. The molecule has 488 valence electrons. The Hall–Kier alpha value is -8.26. The molecule has 30 nitrogen and oxygen atoms in total. The number of aromatic amines is 1. The Morgan fingerprint density at radius 2 is 1.43 bits per heavy atom. The van der Waals surface area contributed by atoms with E-state index in [0.29, 0.717) is 17.7 Å². The van der Waals surface area contributed by atoms with Crippen LogP contribution in [0.15, 0.2) is 47.5 Å². The zero-order chi connectivity index (χ0) is 66.0. The number of aliphatic hydroxyl groups is 3. The summed E-state index contributed by atoms with van der Waals surface area (Å²) in [7, 11) is -5.02. The highest BCUT2D eigenvalue weighted by Gasteiger charge is 2.46. The zero-order valence-electron chi connectivity index (χ0n) is 51.1. The lowest BCUT2D eigenvalue weighted by Gasteiger charge is -2.33. The molecular weight excluding hydrogens is 1180 g/mol. The van der Waals surface area contributed by atoms with E-state index in [1.807, 2.05) is 34.6 Å². The number of benzene rings is 2. The highest BCUT2D eigenvalue weighted by atomic mass is 32.2. The van der Waals surface area contributed by atoms with Crippen molar-refractivity contribution in [2.75, 3.05) is 37.3 Å². The molecule has 4 heterocycles. The van der Waals surface area contributed by atoms with Crippen molar-refractivity contribution >= 4 is 91.4 Å². The van der Waals surface area contributed by atoms with Gasteiger partial charge in [-0.1, -0.05) is 53.2 Å². The van der Waals surface area contributed by atoms with Gasteiger partial charge in [0.05, 0.1) is 55.6 Å². The Morgan fingerprint density at radius 1 is 0.775 bits per heavy atom. The van der Waals surface area contributed by atoms with Crippen LogP contribution >= 0.6 is 0 Å². The van der Waals surface area contributed by atoms with Gasteiger partial charge in [0.1, 0.15) is 53.1 Å². The topological polar surface area (TPSA) is 454 Å². The molecule has 1 fully saturated rings. The number of nitrogens with zero attached hydrogens (tertiary/aromatic N) is 1. The predicted octanol–water partition coefficient (Wildman–Crippen LogP) is -3.57. The number of anilines is 1. The largest absolute Gasteiger partial charge is 0.508 e. The van der Waals surface area contributed by atoms with Crippen molar-refractivity contribution in [1.29, 1.82) is 0 Å². The van der Waals surface area contributed by atoms with Gasteiger partial charge in [-0.3, -0.25) is 52.7 Å². The van der Waals surface area contributed by atoms with Crippen LogP contribution in [0.25, 0.3) is 10.9 Å². The fourth-order valence-corrected chi connectivity index (χ4v) is 12.1. The Labute approximate surface area is 514 Å². The lowest BCUT2D eigenvalue weighted by atomic mass is 9.93. The summed E-state index contributed by atoms with van der Waals surface area (Å²) in [5.74, 6) is -14.7. The summed E-state index contributed by atoms with van der Waals surface area (Å²) in [6.07, 6.45) is -5.09. The number of H-pyrrole nitrogens is 1. The molecular formula is C58H83N13O17S. The van der Waals surface area contributed by atoms with Crippen molar-refractivity contribution in [2.45, 2.75) is 166 Å². The van der Waals surface area contributed by atoms with Crippen LogP contribution in [0.3, 0.4) is 0 Å². The molecule has 11 amide bonds. The van der Waals surface area contributed by atoms with Crippen molar-refractivity contribution < 1.29 is 81.6 Å². The molecule has 31 heteroatoms. The van der Waals surface area contributed by atoms with E-state index in [0.717, 1.165) is 11.0 Å². The summed E-state index contributed by atoms with van der Waals surface area (Å²) >= 11 is 0. The van der Waals surface area contributed by atoms with Crippen molar-refractivity contribution in [3.05, 3.63) is 53.6 Å². The molecule has 3 aromatic rings. The van der Waals surface area contributed by atoms with Crippen molar-refractivity contribution in [3.63, 3.8) is 0 Å². The summed E-state index contributed by atoms with van der Waals surface area (Å²) < 4.78 is 30.1. The minimum Gasteiger partial charge on any atom is -0.508 e. The molecule has 12 atom stereocenters. The number of nitrogens with one attached hydrogen (secondary N) is 12. The van der Waals surface area contributed by atoms with Gasteiger partial charge in [-0.15, -0.1) is 0 Å². The quantitative estimate of drug-likeness (QED) is 0.0700. The van der Waals surface area contributed by atoms with Gasteiger partial charge in [-0.2, -0.15) is 0 Å². The van der Waals surface area contributed by atoms with Crippen molar-refractivity contribution in [1.82, 2.24) is 63.1 Å². The van der Waals surface area contributed by atoms with Gasteiger partial charge >= 0.3 is 0 Å². The summed E-state index contributed by atoms with van der Waals surface area (Å²) in [5, 5.41) is 70.1. The second-order valence-electron chi connectivity index (χ2n) is 24.3. The first kappa shape index (κ1) is 69.8. The van der Waals surface area contributed by atoms with Crippen molar-refractivity contribution in [3.8, 4) is 5.75 Å². The normalized spacial score (nSPS) is 24.4. The first-order valence-corrected chi connectivity index (χ1v) is 31.0. The Balaban J connectivity index is 1.39. The summed E-state index contributed by atoms with van der Waals surface area (Å²) in [6, 6.07) is -2.84. The molecule has 0 aliphatic carbocycles. The Bertz CT molecular complexity index is 3280. The van der Waals surface area contributed by atoms with E-state index in [-0.39, 0.29) is 46.1 Å². The van der Waals surface area contributed by atoms with Crippen LogP contribution in [-0.2, 0) is 75.5 Å². The predicted molar refractivity (Wildman–Crippen MR) is 320 cm³/mol. The minimum atomic E-state index is -5.02. The Morgan fingerprint density at radius 3 is 2.06 bits per heavy atom. The van der Waals surface area contributed by atoms with E-state index in [1.165, 1.54) is 38.1 Å². The number of hydrogen-bond donors (Lipinski definition) is 16. The van der Waals surface area contributed by atoms with Gasteiger partial charge < -0.3 is 88.8 Å². The standard InChI is InChI=1S/C58H83N13O17S/c1-10-28(4)47-53(83)61-22-44(77)64-40-26-89(87,88)56-36(35-16-15-33(73)17-37(35)67-56)19-38(50(80)60-23-45(78)68-47)65-55(85)48(29(5)42(75)25-72)69-52(82)41-18-34(74)24-71(41)57(86)39(66-51(40)81)20-43(76)59-21-31-11-13-32(14-12-31)63-49(79)30(6)62-54(84)46(27(2)3)70-58(7,8)9/h11-17,27-30,34,38-42,46-48,67,70,72-75H,10,18-26H2,1-9H3,(H,59,76)(H,60,80)(H,61,83)(H,62,84)(H,63,79)(H,64,77)(H,65,85)(H,66,81)(H,68,78)(H,69,82)/t28-,29-,30-,34+,38-,39-,40-,41-,42-,46-,47-,48-/m0/s1. The van der Waals surface area contributed by atoms with Gasteiger partial charge in [0.2, 0.25) is 65.0 Å². The molecule has 89 heavy (non-hydrogen) atoms. The second-order valence-corrected chi connectivity index (χ2v) is 26.2. The van der Waals surface area contributed by atoms with Crippen LogP contribution in [0, 0.1) is 17.8 Å². The molecule has 1 aromatic heterocycles. The number of aromatic nitrogens is 1. The molecule has 2 aromatic carbocycles. The monoisotopic (exact) mass is 1270 g/mol. The Kier molecular flexibility index (Phi) is 23.4. The number of carbonyl (C=O) groups excluding carboxylic acids is 11.